The third-order valence-corrected chi connectivity index (χ3v) is 5.54. The number of carbonyl (C=O) groups excluding carboxylic acids is 1. The fraction of sp³-hybridized carbons (Fsp3) is 0.150. The molecule has 0 aliphatic rings. The molecule has 0 fully saturated rings. The minimum absolute atomic E-state index is 0.181. The van der Waals surface area contributed by atoms with Gasteiger partial charge in [0.25, 0.3) is 0 Å². The minimum Gasteiger partial charge on any atom is -0.497 e. The number of carbonyl (C=O) groups is 1. The first-order valence-electron chi connectivity index (χ1n) is 8.44. The first kappa shape index (κ1) is 21.2. The number of amides is 1. The number of hydrogen-bond donors (Lipinski definition) is 1. The van der Waals surface area contributed by atoms with Gasteiger partial charge in [-0.25, -0.2) is 0 Å². The van der Waals surface area contributed by atoms with Gasteiger partial charge in [-0.05, 0) is 42.5 Å². The molecule has 1 heterocycles. The van der Waals surface area contributed by atoms with Gasteiger partial charge in [-0.1, -0.05) is 35.0 Å². The molecule has 1 amide bonds. The number of halogens is 2. The largest absolute Gasteiger partial charge is 0.497 e. The van der Waals surface area contributed by atoms with Crippen LogP contribution in [0.1, 0.15) is 0 Å². The van der Waals surface area contributed by atoms with E-state index < -0.39 is 0 Å². The summed E-state index contributed by atoms with van der Waals surface area (Å²) in [6.07, 6.45) is 0. The number of benzene rings is 2. The second kappa shape index (κ2) is 9.82. The van der Waals surface area contributed by atoms with Gasteiger partial charge in [-0.2, -0.15) is 0 Å². The van der Waals surface area contributed by atoms with E-state index in [1.54, 1.807) is 38.5 Å². The molecule has 0 spiro atoms. The summed E-state index contributed by atoms with van der Waals surface area (Å²) in [6.45, 7) is 0. The summed E-state index contributed by atoms with van der Waals surface area (Å²) in [5.41, 5.74) is 2.04. The number of hydrogen-bond acceptors (Lipinski definition) is 6. The summed E-state index contributed by atoms with van der Waals surface area (Å²) in [5, 5.41) is 12.6. The number of thioether (sulfide) groups is 1. The smallest absolute Gasteiger partial charge is 0.234 e. The van der Waals surface area contributed by atoms with Crippen molar-refractivity contribution in [1.82, 2.24) is 10.2 Å². The van der Waals surface area contributed by atoms with E-state index in [2.05, 4.69) is 15.5 Å². The molecule has 0 unspecified atom stereocenters. The Bertz CT molecular complexity index is 1020. The SMILES string of the molecule is COc1ccc(-c2ccc(SCC(=O)Nc3ccc(Cl)c(Cl)c3)nn2)c(OC)c1. The van der Waals surface area contributed by atoms with E-state index in [1.807, 2.05) is 24.3 Å². The predicted molar refractivity (Wildman–Crippen MR) is 116 cm³/mol. The maximum Gasteiger partial charge on any atom is 0.234 e. The molecular weight excluding hydrogens is 433 g/mol. The zero-order valence-electron chi connectivity index (χ0n) is 15.6. The molecule has 0 atom stereocenters. The molecule has 0 saturated carbocycles. The normalized spacial score (nSPS) is 10.5. The summed E-state index contributed by atoms with van der Waals surface area (Å²) >= 11 is 13.1. The van der Waals surface area contributed by atoms with Gasteiger partial charge in [0.1, 0.15) is 16.5 Å². The van der Waals surface area contributed by atoms with Gasteiger partial charge in [0.05, 0.1) is 35.7 Å². The van der Waals surface area contributed by atoms with Crippen molar-refractivity contribution >= 4 is 46.6 Å². The number of aromatic nitrogens is 2. The topological polar surface area (TPSA) is 73.3 Å². The van der Waals surface area contributed by atoms with E-state index in [0.29, 0.717) is 38.0 Å². The van der Waals surface area contributed by atoms with Gasteiger partial charge in [0.15, 0.2) is 0 Å². The van der Waals surface area contributed by atoms with Crippen LogP contribution >= 0.6 is 35.0 Å². The Morgan fingerprint density at radius 1 is 1.00 bits per heavy atom. The third kappa shape index (κ3) is 5.53. The average Bonchev–Trinajstić information content (AvgIpc) is 2.75. The summed E-state index contributed by atoms with van der Waals surface area (Å²) in [6, 6.07) is 14.0. The van der Waals surface area contributed by atoms with E-state index in [0.717, 1.165) is 5.56 Å². The average molecular weight is 450 g/mol. The van der Waals surface area contributed by atoms with Crippen molar-refractivity contribution in [2.45, 2.75) is 5.03 Å². The Labute approximate surface area is 182 Å². The van der Waals surface area contributed by atoms with Crippen LogP contribution in [0.15, 0.2) is 53.6 Å². The first-order chi connectivity index (χ1) is 14.0. The van der Waals surface area contributed by atoms with Crippen molar-refractivity contribution in [2.75, 3.05) is 25.3 Å². The van der Waals surface area contributed by atoms with Crippen molar-refractivity contribution in [1.29, 1.82) is 0 Å². The quantitative estimate of drug-likeness (QED) is 0.499. The highest BCUT2D eigenvalue weighted by Gasteiger charge is 2.11. The second-order valence-electron chi connectivity index (χ2n) is 5.79. The van der Waals surface area contributed by atoms with Crippen molar-refractivity contribution in [3.05, 3.63) is 58.6 Å². The molecule has 1 aromatic heterocycles. The van der Waals surface area contributed by atoms with E-state index in [1.165, 1.54) is 11.8 Å². The molecule has 9 heteroatoms. The standard InChI is InChI=1S/C20H17Cl2N3O3S/c1-27-13-4-5-14(18(10-13)28-2)17-7-8-20(25-24-17)29-11-19(26)23-12-3-6-15(21)16(22)9-12/h3-10H,11H2,1-2H3,(H,23,26). The van der Waals surface area contributed by atoms with Crippen molar-refractivity contribution in [2.24, 2.45) is 0 Å². The zero-order valence-corrected chi connectivity index (χ0v) is 17.9. The molecule has 1 N–H and O–H groups in total. The van der Waals surface area contributed by atoms with E-state index in [-0.39, 0.29) is 11.7 Å². The molecule has 0 aliphatic heterocycles. The fourth-order valence-corrected chi connectivity index (χ4v) is 3.37. The van der Waals surface area contributed by atoms with Gasteiger partial charge in [-0.15, -0.1) is 10.2 Å². The van der Waals surface area contributed by atoms with Crippen molar-refractivity contribution in [3.8, 4) is 22.8 Å². The van der Waals surface area contributed by atoms with Crippen LogP contribution in [0.2, 0.25) is 10.0 Å². The van der Waals surface area contributed by atoms with Gasteiger partial charge < -0.3 is 14.8 Å². The van der Waals surface area contributed by atoms with Crippen LogP contribution in [0, 0.1) is 0 Å². The Morgan fingerprint density at radius 2 is 1.83 bits per heavy atom. The van der Waals surface area contributed by atoms with Crippen molar-refractivity contribution < 1.29 is 14.3 Å². The monoisotopic (exact) mass is 449 g/mol. The van der Waals surface area contributed by atoms with E-state index in [9.17, 15) is 4.79 Å². The van der Waals surface area contributed by atoms with Crippen LogP contribution in [0.5, 0.6) is 11.5 Å². The lowest BCUT2D eigenvalue weighted by Crippen LogP contribution is -2.14. The number of nitrogens with one attached hydrogen (secondary N) is 1. The summed E-state index contributed by atoms with van der Waals surface area (Å²) < 4.78 is 10.6. The number of nitrogens with zero attached hydrogens (tertiary/aromatic N) is 2. The highest BCUT2D eigenvalue weighted by atomic mass is 35.5. The Balaban J connectivity index is 1.62. The van der Waals surface area contributed by atoms with Crippen LogP contribution in [-0.4, -0.2) is 36.1 Å². The molecule has 6 nitrogen and oxygen atoms in total. The van der Waals surface area contributed by atoms with E-state index in [4.69, 9.17) is 32.7 Å². The molecule has 0 bridgehead atoms. The molecule has 3 aromatic rings. The fourth-order valence-electron chi connectivity index (χ4n) is 2.46. The lowest BCUT2D eigenvalue weighted by molar-refractivity contribution is -0.113. The first-order valence-corrected chi connectivity index (χ1v) is 10.2. The number of rotatable bonds is 7. The van der Waals surface area contributed by atoms with Crippen LogP contribution in [0.3, 0.4) is 0 Å². The number of methoxy groups -OCH3 is 2. The second-order valence-corrected chi connectivity index (χ2v) is 7.60. The molecule has 0 aliphatic carbocycles. The molecule has 3 rings (SSSR count). The summed E-state index contributed by atoms with van der Waals surface area (Å²) in [5.74, 6) is 1.33. The third-order valence-electron chi connectivity index (χ3n) is 3.88. The predicted octanol–water partition coefficient (Wildman–Crippen LogP) is 5.20. The number of ether oxygens (including phenoxy) is 2. The maximum atomic E-state index is 12.1. The Hall–Kier alpha value is -2.48. The minimum atomic E-state index is -0.184. The molecular formula is C20H17Cl2N3O3S. The van der Waals surface area contributed by atoms with Gasteiger partial charge in [0.2, 0.25) is 5.91 Å². The summed E-state index contributed by atoms with van der Waals surface area (Å²) in [7, 11) is 3.18. The van der Waals surface area contributed by atoms with Gasteiger partial charge in [0, 0.05) is 17.3 Å². The lowest BCUT2D eigenvalue weighted by Gasteiger charge is -2.10. The molecule has 0 radical (unpaired) electrons. The number of anilines is 1. The lowest BCUT2D eigenvalue weighted by atomic mass is 10.1. The highest BCUT2D eigenvalue weighted by Crippen LogP contribution is 2.32. The van der Waals surface area contributed by atoms with Crippen LogP contribution < -0.4 is 14.8 Å². The summed E-state index contributed by atoms with van der Waals surface area (Å²) in [4.78, 5) is 12.1. The molecule has 150 valence electrons. The molecule has 0 saturated heterocycles. The van der Waals surface area contributed by atoms with Crippen LogP contribution in [-0.2, 0) is 4.79 Å². The molecule has 29 heavy (non-hydrogen) atoms. The molecule has 2 aromatic carbocycles. The maximum absolute atomic E-state index is 12.1. The Kier molecular flexibility index (Phi) is 7.19. The van der Waals surface area contributed by atoms with Crippen LogP contribution in [0.4, 0.5) is 5.69 Å². The van der Waals surface area contributed by atoms with Crippen molar-refractivity contribution in [3.63, 3.8) is 0 Å². The zero-order chi connectivity index (χ0) is 20.8. The van der Waals surface area contributed by atoms with Gasteiger partial charge in [-0.3, -0.25) is 4.79 Å². The van der Waals surface area contributed by atoms with E-state index >= 15 is 0 Å². The Morgan fingerprint density at radius 3 is 2.48 bits per heavy atom. The van der Waals surface area contributed by atoms with Gasteiger partial charge >= 0.3 is 0 Å². The van der Waals surface area contributed by atoms with Crippen LogP contribution in [0.25, 0.3) is 11.3 Å². The highest BCUT2D eigenvalue weighted by molar-refractivity contribution is 7.99.